The van der Waals surface area contributed by atoms with Crippen LogP contribution in [0.15, 0.2) is 59.1 Å². The Balaban J connectivity index is 1.90. The van der Waals surface area contributed by atoms with Crippen LogP contribution in [-0.2, 0) is 17.9 Å². The van der Waals surface area contributed by atoms with Gasteiger partial charge >= 0.3 is 6.09 Å². The van der Waals surface area contributed by atoms with Gasteiger partial charge in [0.25, 0.3) is 0 Å². The molecule has 0 spiro atoms. The van der Waals surface area contributed by atoms with Gasteiger partial charge in [0.2, 0.25) is 0 Å². The lowest BCUT2D eigenvalue weighted by molar-refractivity contribution is 0.0956. The lowest BCUT2D eigenvalue weighted by atomic mass is 10.2. The van der Waals surface area contributed by atoms with Crippen LogP contribution in [0.3, 0.4) is 0 Å². The smallest absolute Gasteiger partial charge is 0.410 e. The Morgan fingerprint density at radius 3 is 2.33 bits per heavy atom. The molecule has 0 radical (unpaired) electrons. The number of amides is 1. The second-order valence-electron chi connectivity index (χ2n) is 4.68. The summed E-state index contributed by atoms with van der Waals surface area (Å²) in [5, 5.41) is 0. The van der Waals surface area contributed by atoms with Crippen LogP contribution < -0.4 is 0 Å². The number of ether oxygens (including phenoxy) is 1. The van der Waals surface area contributed by atoms with E-state index in [1.807, 2.05) is 61.5 Å². The summed E-state index contributed by atoms with van der Waals surface area (Å²) in [5.41, 5.74) is 2.07. The standard InChI is InChI=1S/C17H18BrNO2/c1-2-19(12-14-8-10-16(18)11-9-14)17(20)21-13-15-6-4-3-5-7-15/h3-11H,2,12-13H2,1H3. The van der Waals surface area contributed by atoms with Crippen LogP contribution in [0.1, 0.15) is 18.1 Å². The minimum atomic E-state index is -0.288. The van der Waals surface area contributed by atoms with Crippen molar-refractivity contribution in [2.75, 3.05) is 6.54 Å². The fourth-order valence-corrected chi connectivity index (χ4v) is 2.19. The summed E-state index contributed by atoms with van der Waals surface area (Å²) in [7, 11) is 0. The summed E-state index contributed by atoms with van der Waals surface area (Å²) in [6.07, 6.45) is -0.288. The van der Waals surface area contributed by atoms with E-state index in [0.717, 1.165) is 15.6 Å². The van der Waals surface area contributed by atoms with Crippen LogP contribution in [0.4, 0.5) is 4.79 Å². The molecule has 2 aromatic carbocycles. The quantitative estimate of drug-likeness (QED) is 0.790. The minimum absolute atomic E-state index is 0.288. The largest absolute Gasteiger partial charge is 0.445 e. The van der Waals surface area contributed by atoms with Gasteiger partial charge in [-0.1, -0.05) is 58.4 Å². The van der Waals surface area contributed by atoms with Gasteiger partial charge in [-0.15, -0.1) is 0 Å². The zero-order valence-corrected chi connectivity index (χ0v) is 13.5. The average Bonchev–Trinajstić information content (AvgIpc) is 2.53. The normalized spacial score (nSPS) is 10.2. The molecule has 0 aliphatic carbocycles. The first-order valence-electron chi connectivity index (χ1n) is 6.89. The molecule has 4 heteroatoms. The van der Waals surface area contributed by atoms with Gasteiger partial charge < -0.3 is 9.64 Å². The van der Waals surface area contributed by atoms with Crippen molar-refractivity contribution in [3.8, 4) is 0 Å². The third-order valence-corrected chi connectivity index (χ3v) is 3.66. The van der Waals surface area contributed by atoms with E-state index in [2.05, 4.69) is 15.9 Å². The molecule has 0 aromatic heterocycles. The minimum Gasteiger partial charge on any atom is -0.445 e. The van der Waals surface area contributed by atoms with E-state index in [0.29, 0.717) is 19.7 Å². The summed E-state index contributed by atoms with van der Waals surface area (Å²) < 4.78 is 6.38. The number of carbonyl (C=O) groups excluding carboxylic acids is 1. The van der Waals surface area contributed by atoms with Crippen LogP contribution >= 0.6 is 15.9 Å². The number of hydrogen-bond donors (Lipinski definition) is 0. The van der Waals surface area contributed by atoms with Gasteiger partial charge in [0.05, 0.1) is 0 Å². The highest BCUT2D eigenvalue weighted by Crippen LogP contribution is 2.13. The van der Waals surface area contributed by atoms with E-state index in [1.54, 1.807) is 4.90 Å². The molecule has 0 bridgehead atoms. The molecule has 0 saturated carbocycles. The molecular weight excluding hydrogens is 330 g/mol. The van der Waals surface area contributed by atoms with E-state index in [1.165, 1.54) is 0 Å². The Morgan fingerprint density at radius 1 is 1.05 bits per heavy atom. The lowest BCUT2D eigenvalue weighted by Gasteiger charge is -2.20. The Hall–Kier alpha value is -1.81. The SMILES string of the molecule is CCN(Cc1ccc(Br)cc1)C(=O)OCc1ccccc1. The maximum absolute atomic E-state index is 12.1. The fraction of sp³-hybridized carbons (Fsp3) is 0.235. The molecular formula is C17H18BrNO2. The van der Waals surface area contributed by atoms with E-state index >= 15 is 0 Å². The lowest BCUT2D eigenvalue weighted by Crippen LogP contribution is -2.30. The Bertz CT molecular complexity index is 569. The molecule has 0 aliphatic rings. The Labute approximate surface area is 133 Å². The average molecular weight is 348 g/mol. The third-order valence-electron chi connectivity index (χ3n) is 3.13. The van der Waals surface area contributed by atoms with Gasteiger partial charge in [-0.25, -0.2) is 4.79 Å². The maximum atomic E-state index is 12.1. The highest BCUT2D eigenvalue weighted by Gasteiger charge is 2.13. The topological polar surface area (TPSA) is 29.5 Å². The van der Waals surface area contributed by atoms with Crippen molar-refractivity contribution in [3.63, 3.8) is 0 Å². The van der Waals surface area contributed by atoms with Crippen molar-refractivity contribution in [3.05, 3.63) is 70.2 Å². The number of halogens is 1. The van der Waals surface area contributed by atoms with Crippen molar-refractivity contribution in [1.29, 1.82) is 0 Å². The number of carbonyl (C=O) groups is 1. The van der Waals surface area contributed by atoms with Crippen LogP contribution in [0, 0.1) is 0 Å². The van der Waals surface area contributed by atoms with Gasteiger partial charge in [0, 0.05) is 17.6 Å². The fourth-order valence-electron chi connectivity index (χ4n) is 1.93. The first-order valence-corrected chi connectivity index (χ1v) is 7.68. The Morgan fingerprint density at radius 2 is 1.71 bits per heavy atom. The number of rotatable bonds is 5. The molecule has 0 N–H and O–H groups in total. The van der Waals surface area contributed by atoms with Crippen LogP contribution in [-0.4, -0.2) is 17.5 Å². The van der Waals surface area contributed by atoms with Gasteiger partial charge in [-0.05, 0) is 30.2 Å². The van der Waals surface area contributed by atoms with Crippen LogP contribution in [0.5, 0.6) is 0 Å². The monoisotopic (exact) mass is 347 g/mol. The van der Waals surface area contributed by atoms with Crippen molar-refractivity contribution in [2.45, 2.75) is 20.1 Å². The summed E-state index contributed by atoms with van der Waals surface area (Å²) in [6.45, 7) is 3.42. The van der Waals surface area contributed by atoms with E-state index in [-0.39, 0.29) is 6.09 Å². The molecule has 110 valence electrons. The molecule has 0 heterocycles. The van der Waals surface area contributed by atoms with Crippen molar-refractivity contribution in [1.82, 2.24) is 4.90 Å². The molecule has 0 atom stereocenters. The van der Waals surface area contributed by atoms with Gasteiger partial charge in [0.1, 0.15) is 6.61 Å². The predicted octanol–water partition coefficient (Wildman–Crippen LogP) is 4.61. The molecule has 21 heavy (non-hydrogen) atoms. The van der Waals surface area contributed by atoms with Crippen LogP contribution in [0.25, 0.3) is 0 Å². The molecule has 3 nitrogen and oxygen atoms in total. The second kappa shape index (κ2) is 7.84. The zero-order valence-electron chi connectivity index (χ0n) is 12.0. The summed E-state index contributed by atoms with van der Waals surface area (Å²) >= 11 is 3.40. The number of nitrogens with zero attached hydrogens (tertiary/aromatic N) is 1. The van der Waals surface area contributed by atoms with Gasteiger partial charge in [-0.2, -0.15) is 0 Å². The van der Waals surface area contributed by atoms with E-state index in [4.69, 9.17) is 4.74 Å². The van der Waals surface area contributed by atoms with Crippen molar-refractivity contribution < 1.29 is 9.53 Å². The number of benzene rings is 2. The zero-order chi connectivity index (χ0) is 15.1. The van der Waals surface area contributed by atoms with Gasteiger partial charge in [0.15, 0.2) is 0 Å². The molecule has 2 rings (SSSR count). The highest BCUT2D eigenvalue weighted by atomic mass is 79.9. The second-order valence-corrected chi connectivity index (χ2v) is 5.60. The first-order chi connectivity index (χ1) is 10.2. The van der Waals surface area contributed by atoms with Crippen molar-refractivity contribution in [2.24, 2.45) is 0 Å². The Kier molecular flexibility index (Phi) is 5.81. The molecule has 0 saturated heterocycles. The molecule has 0 fully saturated rings. The first kappa shape index (κ1) is 15.6. The molecule has 0 aliphatic heterocycles. The molecule has 1 amide bonds. The van der Waals surface area contributed by atoms with Crippen LogP contribution in [0.2, 0.25) is 0 Å². The maximum Gasteiger partial charge on any atom is 0.410 e. The van der Waals surface area contributed by atoms with Gasteiger partial charge in [-0.3, -0.25) is 0 Å². The van der Waals surface area contributed by atoms with Crippen molar-refractivity contribution >= 4 is 22.0 Å². The number of hydrogen-bond acceptors (Lipinski definition) is 2. The summed E-state index contributed by atoms with van der Waals surface area (Å²) in [6, 6.07) is 17.6. The van der Waals surface area contributed by atoms with E-state index < -0.39 is 0 Å². The summed E-state index contributed by atoms with van der Waals surface area (Å²) in [5.74, 6) is 0. The molecule has 0 unspecified atom stereocenters. The summed E-state index contributed by atoms with van der Waals surface area (Å²) in [4.78, 5) is 13.8. The molecule has 2 aromatic rings. The predicted molar refractivity (Wildman–Crippen MR) is 86.9 cm³/mol. The van der Waals surface area contributed by atoms with E-state index in [9.17, 15) is 4.79 Å². The highest BCUT2D eigenvalue weighted by molar-refractivity contribution is 9.10. The third kappa shape index (κ3) is 4.90.